The van der Waals surface area contributed by atoms with Crippen LogP contribution in [0.2, 0.25) is 0 Å². The van der Waals surface area contributed by atoms with Crippen LogP contribution >= 0.6 is 0 Å². The van der Waals surface area contributed by atoms with Gasteiger partial charge in [-0.15, -0.1) is 5.92 Å². The molecule has 15 heavy (non-hydrogen) atoms. The number of hydrogen-bond donors (Lipinski definition) is 1. The Bertz CT molecular complexity index is 415. The molecule has 0 bridgehead atoms. The molecule has 0 aliphatic rings. The van der Waals surface area contributed by atoms with E-state index in [1.165, 1.54) is 0 Å². The summed E-state index contributed by atoms with van der Waals surface area (Å²) in [6.45, 7) is 3.55. The van der Waals surface area contributed by atoms with Gasteiger partial charge in [-0.25, -0.2) is 0 Å². The summed E-state index contributed by atoms with van der Waals surface area (Å²) in [7, 11) is 0. The molecule has 0 aromatic heterocycles. The van der Waals surface area contributed by atoms with E-state index in [2.05, 4.69) is 11.8 Å². The molecule has 78 valence electrons. The largest absolute Gasteiger partial charge is 0.477 e. The molecule has 0 saturated heterocycles. The van der Waals surface area contributed by atoms with Gasteiger partial charge in [0.1, 0.15) is 5.75 Å². The number of para-hydroxylation sites is 1. The van der Waals surface area contributed by atoms with E-state index < -0.39 is 5.91 Å². The Morgan fingerprint density at radius 1 is 1.47 bits per heavy atom. The van der Waals surface area contributed by atoms with Gasteiger partial charge in [-0.2, -0.15) is 0 Å². The molecule has 0 spiro atoms. The third kappa shape index (κ3) is 3.03. The number of nitrogens with two attached hydrogens (primary N) is 1. The van der Waals surface area contributed by atoms with Crippen LogP contribution in [0.15, 0.2) is 24.3 Å². The highest BCUT2D eigenvalue weighted by Crippen LogP contribution is 2.18. The minimum Gasteiger partial charge on any atom is -0.477 e. The maximum atomic E-state index is 11.1. The highest BCUT2D eigenvalue weighted by atomic mass is 16.5. The Kier molecular flexibility index (Phi) is 3.75. The van der Waals surface area contributed by atoms with Gasteiger partial charge in [0.2, 0.25) is 0 Å². The van der Waals surface area contributed by atoms with E-state index in [4.69, 9.17) is 10.5 Å². The van der Waals surface area contributed by atoms with Crippen LogP contribution in [0.1, 0.15) is 24.2 Å². The Morgan fingerprint density at radius 3 is 2.73 bits per heavy atom. The van der Waals surface area contributed by atoms with Crippen molar-refractivity contribution in [2.24, 2.45) is 5.73 Å². The molecule has 1 unspecified atom stereocenters. The Morgan fingerprint density at radius 2 is 2.13 bits per heavy atom. The number of benzene rings is 1. The molecular weight excluding hydrogens is 190 g/mol. The van der Waals surface area contributed by atoms with Crippen LogP contribution in [0.25, 0.3) is 0 Å². The van der Waals surface area contributed by atoms with Gasteiger partial charge in [0.25, 0.3) is 5.91 Å². The number of ether oxygens (including phenoxy) is 1. The fourth-order valence-electron chi connectivity index (χ4n) is 1.20. The first kappa shape index (κ1) is 11.1. The fraction of sp³-hybridized carbons (Fsp3) is 0.250. The van der Waals surface area contributed by atoms with Gasteiger partial charge in [0.05, 0.1) is 5.56 Å². The average Bonchev–Trinajstić information content (AvgIpc) is 2.18. The van der Waals surface area contributed by atoms with E-state index in [-0.39, 0.29) is 6.10 Å². The molecule has 1 rings (SSSR count). The molecular formula is C12H13NO2. The summed E-state index contributed by atoms with van der Waals surface area (Å²) in [5.74, 6) is 5.56. The second kappa shape index (κ2) is 5.06. The second-order valence-electron chi connectivity index (χ2n) is 3.01. The van der Waals surface area contributed by atoms with Gasteiger partial charge in [-0.1, -0.05) is 18.1 Å². The van der Waals surface area contributed by atoms with Crippen LogP contribution in [0.3, 0.4) is 0 Å². The molecule has 1 aromatic rings. The summed E-state index contributed by atoms with van der Waals surface area (Å²) in [6, 6.07) is 6.86. The third-order valence-corrected chi connectivity index (χ3v) is 1.80. The van der Waals surface area contributed by atoms with E-state index in [0.29, 0.717) is 11.3 Å². The maximum absolute atomic E-state index is 11.1. The average molecular weight is 203 g/mol. The zero-order valence-electron chi connectivity index (χ0n) is 8.78. The molecule has 0 radical (unpaired) electrons. The van der Waals surface area contributed by atoms with Crippen molar-refractivity contribution >= 4 is 5.91 Å². The van der Waals surface area contributed by atoms with Crippen LogP contribution in [-0.4, -0.2) is 12.0 Å². The standard InChI is InChI=1S/C12H13NO2/c1-3-6-9(2)15-11-8-5-4-7-10(11)12(13)14/h4-5,7-9H,1-2H3,(H2,13,14). The van der Waals surface area contributed by atoms with Crippen molar-refractivity contribution in [2.75, 3.05) is 0 Å². The quantitative estimate of drug-likeness (QED) is 0.758. The summed E-state index contributed by atoms with van der Waals surface area (Å²) in [5.41, 5.74) is 5.59. The lowest BCUT2D eigenvalue weighted by Gasteiger charge is -2.11. The minimum absolute atomic E-state index is 0.254. The Labute approximate surface area is 89.2 Å². The number of primary amides is 1. The molecule has 1 atom stereocenters. The number of amides is 1. The smallest absolute Gasteiger partial charge is 0.252 e. The van der Waals surface area contributed by atoms with E-state index >= 15 is 0 Å². The van der Waals surface area contributed by atoms with Gasteiger partial charge in [0, 0.05) is 0 Å². The number of rotatable bonds is 3. The molecule has 1 aromatic carbocycles. The normalized spacial score (nSPS) is 11.1. The van der Waals surface area contributed by atoms with Crippen LogP contribution in [0, 0.1) is 11.8 Å². The number of carbonyl (C=O) groups excluding carboxylic acids is 1. The monoisotopic (exact) mass is 203 g/mol. The van der Waals surface area contributed by atoms with Crippen molar-refractivity contribution in [1.29, 1.82) is 0 Å². The van der Waals surface area contributed by atoms with Crippen LogP contribution < -0.4 is 10.5 Å². The summed E-state index contributed by atoms with van der Waals surface area (Å²) < 4.78 is 5.47. The molecule has 1 amide bonds. The summed E-state index contributed by atoms with van der Waals surface area (Å²) >= 11 is 0. The maximum Gasteiger partial charge on any atom is 0.252 e. The zero-order chi connectivity index (χ0) is 11.3. The van der Waals surface area contributed by atoms with Gasteiger partial charge < -0.3 is 10.5 Å². The molecule has 0 aliphatic carbocycles. The predicted octanol–water partition coefficient (Wildman–Crippen LogP) is 1.58. The third-order valence-electron chi connectivity index (χ3n) is 1.80. The molecule has 3 nitrogen and oxygen atoms in total. The molecule has 0 aliphatic heterocycles. The van der Waals surface area contributed by atoms with Crippen molar-refractivity contribution in [3.63, 3.8) is 0 Å². The summed E-state index contributed by atoms with van der Waals surface area (Å²) in [6.07, 6.45) is -0.254. The van der Waals surface area contributed by atoms with Crippen LogP contribution in [-0.2, 0) is 0 Å². The molecule has 3 heteroatoms. The molecule has 2 N–H and O–H groups in total. The second-order valence-corrected chi connectivity index (χ2v) is 3.01. The van der Waals surface area contributed by atoms with E-state index in [9.17, 15) is 4.79 Å². The zero-order valence-corrected chi connectivity index (χ0v) is 8.78. The molecule has 0 fully saturated rings. The van der Waals surface area contributed by atoms with E-state index in [0.717, 1.165) is 0 Å². The summed E-state index contributed by atoms with van der Waals surface area (Å²) in [4.78, 5) is 11.1. The fourth-order valence-corrected chi connectivity index (χ4v) is 1.20. The van der Waals surface area contributed by atoms with Crippen LogP contribution in [0.4, 0.5) is 0 Å². The Hall–Kier alpha value is -1.95. The Balaban J connectivity index is 2.92. The van der Waals surface area contributed by atoms with E-state index in [1.54, 1.807) is 31.2 Å². The van der Waals surface area contributed by atoms with Gasteiger partial charge in [-0.3, -0.25) is 4.79 Å². The molecule has 0 heterocycles. The number of carbonyl (C=O) groups is 1. The lowest BCUT2D eigenvalue weighted by atomic mass is 10.2. The highest BCUT2D eigenvalue weighted by Gasteiger charge is 2.09. The lowest BCUT2D eigenvalue weighted by Crippen LogP contribution is -2.16. The van der Waals surface area contributed by atoms with Crippen molar-refractivity contribution < 1.29 is 9.53 Å². The highest BCUT2D eigenvalue weighted by molar-refractivity contribution is 5.95. The number of hydrogen-bond acceptors (Lipinski definition) is 2. The molecule has 0 saturated carbocycles. The first-order chi connectivity index (χ1) is 7.15. The van der Waals surface area contributed by atoms with Crippen LogP contribution in [0.5, 0.6) is 5.75 Å². The van der Waals surface area contributed by atoms with Crippen molar-refractivity contribution in [1.82, 2.24) is 0 Å². The van der Waals surface area contributed by atoms with Crippen molar-refractivity contribution in [3.8, 4) is 17.6 Å². The summed E-state index contributed by atoms with van der Waals surface area (Å²) in [5, 5.41) is 0. The predicted molar refractivity (Wildman–Crippen MR) is 58.5 cm³/mol. The van der Waals surface area contributed by atoms with Crippen molar-refractivity contribution in [2.45, 2.75) is 20.0 Å². The van der Waals surface area contributed by atoms with Gasteiger partial charge >= 0.3 is 0 Å². The van der Waals surface area contributed by atoms with Gasteiger partial charge in [0.15, 0.2) is 6.10 Å². The SMILES string of the molecule is CC#CC(C)Oc1ccccc1C(N)=O. The van der Waals surface area contributed by atoms with Gasteiger partial charge in [-0.05, 0) is 26.0 Å². The topological polar surface area (TPSA) is 52.3 Å². The van der Waals surface area contributed by atoms with E-state index in [1.807, 2.05) is 6.92 Å². The first-order valence-electron chi connectivity index (χ1n) is 4.63. The minimum atomic E-state index is -0.498. The van der Waals surface area contributed by atoms with Crippen molar-refractivity contribution in [3.05, 3.63) is 29.8 Å². The first-order valence-corrected chi connectivity index (χ1v) is 4.63. The lowest BCUT2D eigenvalue weighted by molar-refractivity contribution is 0.0995.